The van der Waals surface area contributed by atoms with E-state index in [1.54, 1.807) is 0 Å². The quantitative estimate of drug-likeness (QED) is 0.525. The highest BCUT2D eigenvalue weighted by Gasteiger charge is 2.30. The molecular formula is C10H13NO2. The number of nitrogens with zero attached hydrogens (tertiary/aromatic N) is 1. The maximum atomic E-state index is 11.6. The highest BCUT2D eigenvalue weighted by Crippen LogP contribution is 2.21. The first kappa shape index (κ1) is 8.48. The molecule has 0 saturated carbocycles. The monoisotopic (exact) mass is 179 g/mol. The zero-order valence-electron chi connectivity index (χ0n) is 7.58. The summed E-state index contributed by atoms with van der Waals surface area (Å²) in [5.74, 6) is -0.159. The number of hydrogen-bond acceptors (Lipinski definition) is 2. The van der Waals surface area contributed by atoms with Crippen LogP contribution in [0.3, 0.4) is 0 Å². The summed E-state index contributed by atoms with van der Waals surface area (Å²) in [6.07, 6.45) is 6.59. The van der Waals surface area contributed by atoms with Crippen LogP contribution in [0, 0.1) is 0 Å². The van der Waals surface area contributed by atoms with Crippen LogP contribution in [0.5, 0.6) is 0 Å². The molecule has 0 spiro atoms. The van der Waals surface area contributed by atoms with Gasteiger partial charge >= 0.3 is 0 Å². The van der Waals surface area contributed by atoms with Gasteiger partial charge in [-0.15, -0.1) is 0 Å². The maximum absolute atomic E-state index is 11.6. The molecule has 0 atom stereocenters. The normalized spacial score (nSPS) is 23.7. The predicted molar refractivity (Wildman–Crippen MR) is 47.9 cm³/mol. The smallest absolute Gasteiger partial charge is 0.256 e. The topological polar surface area (TPSA) is 37.4 Å². The average molecular weight is 179 g/mol. The molecule has 0 unspecified atom stereocenters. The van der Waals surface area contributed by atoms with Gasteiger partial charge in [0, 0.05) is 18.2 Å². The van der Waals surface area contributed by atoms with E-state index in [1.807, 2.05) is 0 Å². The minimum Gasteiger partial charge on any atom is -0.275 e. The molecule has 13 heavy (non-hydrogen) atoms. The third kappa shape index (κ3) is 1.50. The second-order valence-corrected chi connectivity index (χ2v) is 3.63. The summed E-state index contributed by atoms with van der Waals surface area (Å²) < 4.78 is 0. The van der Waals surface area contributed by atoms with E-state index in [9.17, 15) is 9.59 Å². The molecule has 0 aromatic rings. The highest BCUT2D eigenvalue weighted by molar-refractivity contribution is 6.16. The summed E-state index contributed by atoms with van der Waals surface area (Å²) in [6, 6.07) is 0. The summed E-state index contributed by atoms with van der Waals surface area (Å²) in [5, 5.41) is 0. The van der Waals surface area contributed by atoms with Crippen molar-refractivity contribution in [1.29, 1.82) is 0 Å². The van der Waals surface area contributed by atoms with Crippen molar-refractivity contribution in [3.63, 3.8) is 0 Å². The Kier molecular flexibility index (Phi) is 2.17. The van der Waals surface area contributed by atoms with E-state index >= 15 is 0 Å². The molecule has 0 radical (unpaired) electrons. The number of amides is 2. The maximum Gasteiger partial charge on any atom is 0.256 e. The fourth-order valence-electron chi connectivity index (χ4n) is 1.89. The molecule has 1 fully saturated rings. The first-order valence-corrected chi connectivity index (χ1v) is 4.85. The standard InChI is InChI=1S/C10H13NO2/c12-9-7-8-5-3-1-2-4-6-11(9)10(8)13/h7H,1-6H2. The van der Waals surface area contributed by atoms with Crippen molar-refractivity contribution in [2.45, 2.75) is 32.1 Å². The van der Waals surface area contributed by atoms with Gasteiger partial charge in [0.1, 0.15) is 0 Å². The van der Waals surface area contributed by atoms with E-state index in [0.717, 1.165) is 25.7 Å². The summed E-state index contributed by atoms with van der Waals surface area (Å²) in [7, 11) is 0. The number of carbonyl (C=O) groups is 2. The van der Waals surface area contributed by atoms with E-state index in [2.05, 4.69) is 0 Å². The summed E-state index contributed by atoms with van der Waals surface area (Å²) in [6.45, 7) is 0.609. The fraction of sp³-hybridized carbons (Fsp3) is 0.600. The summed E-state index contributed by atoms with van der Waals surface area (Å²) in [5.41, 5.74) is 0.715. The van der Waals surface area contributed by atoms with Crippen molar-refractivity contribution in [1.82, 2.24) is 4.90 Å². The molecule has 2 heterocycles. The van der Waals surface area contributed by atoms with Crippen molar-refractivity contribution in [2.75, 3.05) is 6.54 Å². The number of fused-ring (bicyclic) bond motifs is 2. The van der Waals surface area contributed by atoms with Gasteiger partial charge in [0.25, 0.3) is 11.8 Å². The SMILES string of the molecule is O=C1C=C2CCCCCCN1C2=O. The Balaban J connectivity index is 2.21. The van der Waals surface area contributed by atoms with E-state index in [1.165, 1.54) is 17.4 Å². The lowest BCUT2D eigenvalue weighted by Gasteiger charge is -2.12. The van der Waals surface area contributed by atoms with Crippen LogP contribution in [-0.4, -0.2) is 23.3 Å². The Morgan fingerprint density at radius 2 is 1.85 bits per heavy atom. The molecule has 0 aromatic carbocycles. The highest BCUT2D eigenvalue weighted by atomic mass is 16.2. The number of imide groups is 1. The van der Waals surface area contributed by atoms with Crippen LogP contribution in [0.25, 0.3) is 0 Å². The van der Waals surface area contributed by atoms with Crippen LogP contribution in [-0.2, 0) is 9.59 Å². The van der Waals surface area contributed by atoms with E-state index < -0.39 is 0 Å². The zero-order valence-corrected chi connectivity index (χ0v) is 7.58. The second-order valence-electron chi connectivity index (χ2n) is 3.63. The van der Waals surface area contributed by atoms with Crippen molar-refractivity contribution >= 4 is 11.8 Å². The first-order valence-electron chi connectivity index (χ1n) is 4.85. The van der Waals surface area contributed by atoms with E-state index in [-0.39, 0.29) is 11.8 Å². The van der Waals surface area contributed by atoms with Crippen LogP contribution in [0.1, 0.15) is 32.1 Å². The minimum atomic E-state index is -0.109. The molecule has 2 aliphatic heterocycles. The minimum absolute atomic E-state index is 0.0492. The molecule has 0 aromatic heterocycles. The Bertz CT molecular complexity index is 281. The van der Waals surface area contributed by atoms with Gasteiger partial charge in [0.15, 0.2) is 0 Å². The molecule has 2 aliphatic rings. The molecule has 70 valence electrons. The molecular weight excluding hydrogens is 166 g/mol. The largest absolute Gasteiger partial charge is 0.275 e. The molecule has 0 aliphatic carbocycles. The Morgan fingerprint density at radius 3 is 2.69 bits per heavy atom. The Morgan fingerprint density at radius 1 is 1.08 bits per heavy atom. The van der Waals surface area contributed by atoms with Crippen molar-refractivity contribution in [2.24, 2.45) is 0 Å². The first-order chi connectivity index (χ1) is 6.29. The predicted octanol–water partition coefficient (Wildman–Crippen LogP) is 1.25. The number of rotatable bonds is 0. The van der Waals surface area contributed by atoms with Gasteiger partial charge in [-0.05, 0) is 19.3 Å². The van der Waals surface area contributed by atoms with Gasteiger partial charge in [0.2, 0.25) is 0 Å². The third-order valence-electron chi connectivity index (χ3n) is 2.66. The number of hydrogen-bond donors (Lipinski definition) is 0. The van der Waals surface area contributed by atoms with Crippen LogP contribution < -0.4 is 0 Å². The molecule has 0 N–H and O–H groups in total. The zero-order chi connectivity index (χ0) is 9.26. The molecule has 3 nitrogen and oxygen atoms in total. The van der Waals surface area contributed by atoms with E-state index in [0.29, 0.717) is 12.1 Å². The van der Waals surface area contributed by atoms with Gasteiger partial charge in [0.05, 0.1) is 0 Å². The van der Waals surface area contributed by atoms with Gasteiger partial charge < -0.3 is 0 Å². The number of carbonyl (C=O) groups excluding carboxylic acids is 2. The van der Waals surface area contributed by atoms with Crippen molar-refractivity contribution in [3.8, 4) is 0 Å². The lowest BCUT2D eigenvalue weighted by atomic mass is 10.1. The average Bonchev–Trinajstić information content (AvgIpc) is 2.42. The lowest BCUT2D eigenvalue weighted by Crippen LogP contribution is -2.31. The van der Waals surface area contributed by atoms with Gasteiger partial charge in [-0.25, -0.2) is 0 Å². The lowest BCUT2D eigenvalue weighted by molar-refractivity contribution is -0.137. The van der Waals surface area contributed by atoms with Crippen LogP contribution in [0.2, 0.25) is 0 Å². The van der Waals surface area contributed by atoms with Crippen molar-refractivity contribution in [3.05, 3.63) is 11.6 Å². The van der Waals surface area contributed by atoms with Gasteiger partial charge in [-0.1, -0.05) is 12.8 Å². The molecule has 2 rings (SSSR count). The third-order valence-corrected chi connectivity index (χ3v) is 2.66. The fourth-order valence-corrected chi connectivity index (χ4v) is 1.89. The summed E-state index contributed by atoms with van der Waals surface area (Å²) >= 11 is 0. The van der Waals surface area contributed by atoms with Crippen molar-refractivity contribution < 1.29 is 9.59 Å². The Labute approximate surface area is 77.4 Å². The molecule has 3 heteroatoms. The second kappa shape index (κ2) is 3.32. The summed E-state index contributed by atoms with van der Waals surface area (Å²) in [4.78, 5) is 24.2. The molecule has 1 saturated heterocycles. The van der Waals surface area contributed by atoms with Gasteiger partial charge in [-0.3, -0.25) is 14.5 Å². The van der Waals surface area contributed by atoms with Crippen LogP contribution in [0.15, 0.2) is 11.6 Å². The van der Waals surface area contributed by atoms with Gasteiger partial charge in [-0.2, -0.15) is 0 Å². The molecule has 2 bridgehead atoms. The molecule has 2 amide bonds. The van der Waals surface area contributed by atoms with Crippen LogP contribution >= 0.6 is 0 Å². The Hall–Kier alpha value is -1.12. The van der Waals surface area contributed by atoms with E-state index in [4.69, 9.17) is 0 Å². The van der Waals surface area contributed by atoms with Crippen LogP contribution in [0.4, 0.5) is 0 Å².